The minimum Gasteiger partial charge on any atom is -0.143 e. The van der Waals surface area contributed by atoms with Crippen molar-refractivity contribution in [2.75, 3.05) is 0 Å². The van der Waals surface area contributed by atoms with E-state index in [0.29, 0.717) is 0 Å². The molecule has 1 heteroatoms. The maximum Gasteiger partial charge on any atom is 0 e. The molecule has 0 aliphatic heterocycles. The zero-order chi connectivity index (χ0) is 15.1. The second-order valence-corrected chi connectivity index (χ2v) is 6.18. The Labute approximate surface area is 158 Å². The Kier molecular flexibility index (Phi) is 4.88. The van der Waals surface area contributed by atoms with Crippen LogP contribution in [-0.2, 0) is 45.5 Å². The van der Waals surface area contributed by atoms with Gasteiger partial charge in [-0.25, -0.2) is 0 Å². The monoisotopic (exact) mass is 375 g/mol. The van der Waals surface area contributed by atoms with Crippen LogP contribution in [0.2, 0.25) is 0 Å². The molecule has 2 aliphatic rings. The molecule has 114 valence electrons. The molecule has 23 heavy (non-hydrogen) atoms. The van der Waals surface area contributed by atoms with E-state index < -0.39 is 0 Å². The molecule has 0 N–H and O–H groups in total. The molecule has 4 rings (SSSR count). The number of hydrogen-bond donors (Lipinski definition) is 0. The van der Waals surface area contributed by atoms with Gasteiger partial charge in [-0.1, -0.05) is 67.8 Å². The van der Waals surface area contributed by atoms with Gasteiger partial charge in [0.1, 0.15) is 0 Å². The molecule has 2 aliphatic carbocycles. The first-order valence-electron chi connectivity index (χ1n) is 8.37. The van der Waals surface area contributed by atoms with Crippen LogP contribution in [-0.4, -0.2) is 0 Å². The van der Waals surface area contributed by atoms with Crippen molar-refractivity contribution in [2.24, 2.45) is 0 Å². The van der Waals surface area contributed by atoms with Crippen molar-refractivity contribution >= 4 is 5.57 Å². The number of fused-ring (bicyclic) bond motifs is 3. The van der Waals surface area contributed by atoms with Gasteiger partial charge in [0.05, 0.1) is 0 Å². The van der Waals surface area contributed by atoms with Crippen molar-refractivity contribution < 1.29 is 26.2 Å². The average Bonchev–Trinajstić information content (AvgIpc) is 3.20. The van der Waals surface area contributed by atoms with Crippen molar-refractivity contribution in [2.45, 2.75) is 39.5 Å². The number of benzene rings is 2. The summed E-state index contributed by atoms with van der Waals surface area (Å²) in [7, 11) is 0. The second-order valence-electron chi connectivity index (χ2n) is 6.18. The minimum absolute atomic E-state index is 0. The van der Waals surface area contributed by atoms with Crippen LogP contribution >= 0.6 is 0 Å². The zero-order valence-electron chi connectivity index (χ0n) is 13.9. The molecule has 0 amide bonds. The Bertz CT molecular complexity index is 809. The van der Waals surface area contributed by atoms with E-state index in [9.17, 15) is 0 Å². The second kappa shape index (κ2) is 6.74. The van der Waals surface area contributed by atoms with E-state index >= 15 is 0 Å². The Morgan fingerprint density at radius 1 is 1.04 bits per heavy atom. The Morgan fingerprint density at radius 3 is 2.52 bits per heavy atom. The van der Waals surface area contributed by atoms with E-state index in [1.54, 1.807) is 5.56 Å². The third-order valence-electron chi connectivity index (χ3n) is 5.00. The topological polar surface area (TPSA) is 0 Å². The fraction of sp³-hybridized carbons (Fsp3) is 0.273. The number of allylic oxidation sites excluding steroid dienone is 4. The van der Waals surface area contributed by atoms with Crippen LogP contribution in [0, 0.1) is 6.07 Å². The van der Waals surface area contributed by atoms with E-state index in [0.717, 1.165) is 25.7 Å². The fourth-order valence-corrected chi connectivity index (χ4v) is 4.03. The molecule has 2 aromatic rings. The van der Waals surface area contributed by atoms with Gasteiger partial charge in [-0.2, -0.15) is 0 Å². The van der Waals surface area contributed by atoms with Crippen molar-refractivity contribution in [1.29, 1.82) is 0 Å². The predicted octanol–water partition coefficient (Wildman–Crippen LogP) is 5.52. The molecule has 0 aromatic heterocycles. The number of hydrogen-bond acceptors (Lipinski definition) is 0. The van der Waals surface area contributed by atoms with Crippen molar-refractivity contribution in [3.05, 3.63) is 76.4 Å². The average molecular weight is 377 g/mol. The Balaban J connectivity index is 0.00000156. The summed E-state index contributed by atoms with van der Waals surface area (Å²) in [6.45, 7) is 4.57. The molecular formula is C22H21Zr-. The summed E-state index contributed by atoms with van der Waals surface area (Å²) in [4.78, 5) is 0. The Hall–Kier alpha value is -1.20. The van der Waals surface area contributed by atoms with Crippen LogP contribution in [0.5, 0.6) is 0 Å². The zero-order valence-corrected chi connectivity index (χ0v) is 16.3. The summed E-state index contributed by atoms with van der Waals surface area (Å²) in [5.74, 6) is 0. The Morgan fingerprint density at radius 2 is 1.83 bits per heavy atom. The largest absolute Gasteiger partial charge is 0.143 e. The fourth-order valence-electron chi connectivity index (χ4n) is 4.03. The number of rotatable bonds is 3. The molecule has 0 fully saturated rings. The van der Waals surface area contributed by atoms with Crippen molar-refractivity contribution in [1.82, 2.24) is 0 Å². The van der Waals surface area contributed by atoms with Crippen LogP contribution in [0.3, 0.4) is 0 Å². The normalized spacial score (nSPS) is 14.3. The van der Waals surface area contributed by atoms with Gasteiger partial charge in [0, 0.05) is 26.2 Å². The summed E-state index contributed by atoms with van der Waals surface area (Å²) in [5.41, 5.74) is 11.6. The van der Waals surface area contributed by atoms with Gasteiger partial charge >= 0.3 is 0 Å². The molecule has 0 bridgehead atoms. The molecule has 0 saturated heterocycles. The molecule has 2 aromatic carbocycles. The summed E-state index contributed by atoms with van der Waals surface area (Å²) < 4.78 is 0. The van der Waals surface area contributed by atoms with Gasteiger partial charge < -0.3 is 0 Å². The quantitative estimate of drug-likeness (QED) is 0.528. The first-order valence-corrected chi connectivity index (χ1v) is 8.37. The molecule has 0 radical (unpaired) electrons. The van der Waals surface area contributed by atoms with E-state index in [1.807, 2.05) is 0 Å². The van der Waals surface area contributed by atoms with Crippen molar-refractivity contribution in [3.63, 3.8) is 0 Å². The molecule has 0 unspecified atom stereocenters. The van der Waals surface area contributed by atoms with Gasteiger partial charge in [-0.05, 0) is 24.8 Å². The van der Waals surface area contributed by atoms with E-state index in [4.69, 9.17) is 0 Å². The summed E-state index contributed by atoms with van der Waals surface area (Å²) in [6, 6.07) is 12.7. The van der Waals surface area contributed by atoms with E-state index in [1.165, 1.54) is 39.0 Å². The predicted molar refractivity (Wildman–Crippen MR) is 94.0 cm³/mol. The van der Waals surface area contributed by atoms with Crippen LogP contribution in [0.4, 0.5) is 0 Å². The van der Waals surface area contributed by atoms with Crippen LogP contribution in [0.1, 0.15) is 48.1 Å². The molecular weight excluding hydrogens is 355 g/mol. The van der Waals surface area contributed by atoms with Gasteiger partial charge in [0.25, 0.3) is 0 Å². The molecule has 0 atom stereocenters. The summed E-state index contributed by atoms with van der Waals surface area (Å²) in [5, 5.41) is 0. The molecule has 0 nitrogen and oxygen atoms in total. The summed E-state index contributed by atoms with van der Waals surface area (Å²) >= 11 is 0. The third-order valence-corrected chi connectivity index (χ3v) is 5.00. The van der Waals surface area contributed by atoms with Gasteiger partial charge in [-0.3, -0.25) is 0 Å². The van der Waals surface area contributed by atoms with E-state index in [-0.39, 0.29) is 26.2 Å². The molecule has 0 spiro atoms. The van der Waals surface area contributed by atoms with Crippen LogP contribution < -0.4 is 0 Å². The van der Waals surface area contributed by atoms with Crippen LogP contribution in [0.25, 0.3) is 16.7 Å². The first kappa shape index (κ1) is 16.7. The van der Waals surface area contributed by atoms with E-state index in [2.05, 4.69) is 62.4 Å². The maximum atomic E-state index is 3.80. The van der Waals surface area contributed by atoms with Gasteiger partial charge in [0.15, 0.2) is 0 Å². The SMILES string of the molecule is CCc1c(C2=CC=CC2)[c-]c2c(c1CC)-c1ccccc1C2.[Zr]. The van der Waals surface area contributed by atoms with Crippen molar-refractivity contribution in [3.8, 4) is 11.1 Å². The molecule has 0 saturated carbocycles. The maximum absolute atomic E-state index is 3.80. The molecule has 0 heterocycles. The van der Waals surface area contributed by atoms with Crippen LogP contribution in [0.15, 0.2) is 42.5 Å². The van der Waals surface area contributed by atoms with Gasteiger partial charge in [0.2, 0.25) is 0 Å². The standard InChI is InChI=1S/C22H21.Zr/c1-3-18-19(4-2)22-17(13-16-11-7-8-12-20(16)22)14-21(18)15-9-5-6-10-15;/h5-9,11-12H,3-4,10,13H2,1-2H3;/q-1;. The summed E-state index contributed by atoms with van der Waals surface area (Å²) in [6.07, 6.45) is 11.0. The van der Waals surface area contributed by atoms with Gasteiger partial charge in [-0.15, -0.1) is 40.0 Å². The third kappa shape index (κ3) is 2.64. The first-order chi connectivity index (χ1) is 10.8. The minimum atomic E-state index is 0. The smallest absolute Gasteiger partial charge is 0 e.